The Kier molecular flexibility index (Phi) is 2.79. The van der Waals surface area contributed by atoms with Crippen LogP contribution in [0.2, 0.25) is 0 Å². The first-order valence-electron chi connectivity index (χ1n) is 5.18. The molecule has 0 aliphatic carbocycles. The van der Waals surface area contributed by atoms with Crippen molar-refractivity contribution in [2.45, 2.75) is 13.8 Å². The summed E-state index contributed by atoms with van der Waals surface area (Å²) in [6, 6.07) is 4.68. The number of hydrogen-bond donors (Lipinski definition) is 1. The van der Waals surface area contributed by atoms with Crippen LogP contribution in [-0.4, -0.2) is 4.98 Å². The van der Waals surface area contributed by atoms with E-state index in [9.17, 15) is 8.78 Å². The van der Waals surface area contributed by atoms with Crippen LogP contribution in [0.25, 0.3) is 11.3 Å². The van der Waals surface area contributed by atoms with Crippen molar-refractivity contribution in [2.24, 2.45) is 0 Å². The fourth-order valence-corrected chi connectivity index (χ4v) is 1.65. The highest BCUT2D eigenvalue weighted by Crippen LogP contribution is 2.28. The molecule has 2 rings (SSSR count). The molecule has 1 aromatic carbocycles. The van der Waals surface area contributed by atoms with Crippen molar-refractivity contribution in [3.63, 3.8) is 0 Å². The summed E-state index contributed by atoms with van der Waals surface area (Å²) >= 11 is 0. The largest absolute Gasteiger partial charge is 0.397 e. The average molecular weight is 234 g/mol. The van der Waals surface area contributed by atoms with Crippen molar-refractivity contribution in [3.8, 4) is 11.3 Å². The van der Waals surface area contributed by atoms with Gasteiger partial charge in [-0.3, -0.25) is 4.98 Å². The number of nitrogens with two attached hydrogens (primary N) is 1. The predicted molar refractivity (Wildman–Crippen MR) is 63.5 cm³/mol. The highest BCUT2D eigenvalue weighted by molar-refractivity contribution is 5.73. The maximum atomic E-state index is 13.8. The van der Waals surface area contributed by atoms with Gasteiger partial charge < -0.3 is 5.73 Å². The molecule has 0 amide bonds. The summed E-state index contributed by atoms with van der Waals surface area (Å²) in [5, 5.41) is 0. The lowest BCUT2D eigenvalue weighted by molar-refractivity contribution is 0.505. The number of anilines is 1. The minimum atomic E-state index is -0.909. The van der Waals surface area contributed by atoms with Crippen LogP contribution in [0.15, 0.2) is 24.4 Å². The molecule has 4 heteroatoms. The van der Waals surface area contributed by atoms with Crippen LogP contribution < -0.4 is 5.73 Å². The topological polar surface area (TPSA) is 38.9 Å². The number of nitrogen functional groups attached to an aromatic ring is 1. The zero-order valence-corrected chi connectivity index (χ0v) is 9.59. The highest BCUT2D eigenvalue weighted by Gasteiger charge is 2.15. The fraction of sp³-hybridized carbons (Fsp3) is 0.154. The van der Waals surface area contributed by atoms with Gasteiger partial charge in [0.2, 0.25) is 0 Å². The number of benzene rings is 1. The predicted octanol–water partition coefficient (Wildman–Crippen LogP) is 3.23. The third kappa shape index (κ3) is 1.98. The second-order valence-electron chi connectivity index (χ2n) is 4.01. The van der Waals surface area contributed by atoms with E-state index < -0.39 is 11.6 Å². The minimum absolute atomic E-state index is 0.0885. The summed E-state index contributed by atoms with van der Waals surface area (Å²) in [6.45, 7) is 3.34. The molecular formula is C13H12F2N2. The number of rotatable bonds is 1. The van der Waals surface area contributed by atoms with Gasteiger partial charge in [-0.05, 0) is 37.1 Å². The Morgan fingerprint density at radius 3 is 2.47 bits per heavy atom. The molecule has 0 unspecified atom stereocenters. The lowest BCUT2D eigenvalue weighted by atomic mass is 10.1. The van der Waals surface area contributed by atoms with Crippen molar-refractivity contribution in [1.29, 1.82) is 0 Å². The monoisotopic (exact) mass is 234 g/mol. The molecule has 2 N–H and O–H groups in total. The van der Waals surface area contributed by atoms with Crippen LogP contribution in [0.4, 0.5) is 14.5 Å². The smallest absolute Gasteiger partial charge is 0.168 e. The first-order valence-corrected chi connectivity index (χ1v) is 5.18. The summed E-state index contributed by atoms with van der Waals surface area (Å²) in [5.41, 5.74) is 7.59. The van der Waals surface area contributed by atoms with Gasteiger partial charge in [-0.15, -0.1) is 0 Å². The van der Waals surface area contributed by atoms with Gasteiger partial charge in [-0.1, -0.05) is 6.07 Å². The number of pyridine rings is 1. The molecule has 0 aliphatic heterocycles. The summed E-state index contributed by atoms with van der Waals surface area (Å²) in [5.74, 6) is -1.77. The second kappa shape index (κ2) is 4.13. The maximum absolute atomic E-state index is 13.8. The molecular weight excluding hydrogens is 222 g/mol. The van der Waals surface area contributed by atoms with Crippen LogP contribution in [-0.2, 0) is 0 Å². The zero-order valence-electron chi connectivity index (χ0n) is 9.59. The Morgan fingerprint density at radius 2 is 1.82 bits per heavy atom. The number of aryl methyl sites for hydroxylation is 2. The lowest BCUT2D eigenvalue weighted by Gasteiger charge is -2.08. The molecule has 0 saturated carbocycles. The van der Waals surface area contributed by atoms with Gasteiger partial charge in [0.25, 0.3) is 0 Å². The van der Waals surface area contributed by atoms with Crippen LogP contribution >= 0.6 is 0 Å². The summed E-state index contributed by atoms with van der Waals surface area (Å²) < 4.78 is 27.2. The van der Waals surface area contributed by atoms with Gasteiger partial charge in [0.1, 0.15) is 0 Å². The molecule has 0 spiro atoms. The number of halogens is 2. The molecule has 0 saturated heterocycles. The number of nitrogens with zero attached hydrogens (tertiary/aromatic N) is 1. The normalized spacial score (nSPS) is 10.6. The van der Waals surface area contributed by atoms with Crippen LogP contribution in [0, 0.1) is 25.5 Å². The SMILES string of the molecule is Cc1cnc(-c2ccc(C)c(F)c2F)c(N)c1. The summed E-state index contributed by atoms with van der Waals surface area (Å²) in [7, 11) is 0. The first-order chi connectivity index (χ1) is 8.00. The Labute approximate surface area is 98.1 Å². The van der Waals surface area contributed by atoms with Gasteiger partial charge in [0, 0.05) is 11.8 Å². The summed E-state index contributed by atoms with van der Waals surface area (Å²) in [6.07, 6.45) is 1.57. The molecule has 0 fully saturated rings. The van der Waals surface area contributed by atoms with E-state index in [0.717, 1.165) is 5.56 Å². The Hall–Kier alpha value is -1.97. The molecule has 1 aromatic heterocycles. The van der Waals surface area contributed by atoms with E-state index >= 15 is 0 Å². The van der Waals surface area contributed by atoms with Crippen molar-refractivity contribution in [3.05, 3.63) is 47.2 Å². The van der Waals surface area contributed by atoms with Crippen molar-refractivity contribution < 1.29 is 8.78 Å². The van der Waals surface area contributed by atoms with E-state index in [0.29, 0.717) is 5.69 Å². The number of hydrogen-bond acceptors (Lipinski definition) is 2. The zero-order chi connectivity index (χ0) is 12.6. The standard InChI is InChI=1S/C13H12F2N2/c1-7-5-10(16)13(17-6-7)9-4-3-8(2)11(14)12(9)15/h3-6H,16H2,1-2H3. The molecule has 0 aliphatic rings. The molecule has 0 atom stereocenters. The number of aromatic nitrogens is 1. The Morgan fingerprint density at radius 1 is 1.12 bits per heavy atom. The molecule has 17 heavy (non-hydrogen) atoms. The van der Waals surface area contributed by atoms with E-state index in [4.69, 9.17) is 5.73 Å². The molecule has 0 radical (unpaired) electrons. The van der Waals surface area contributed by atoms with Gasteiger partial charge >= 0.3 is 0 Å². The third-order valence-corrected chi connectivity index (χ3v) is 2.58. The van der Waals surface area contributed by atoms with E-state index in [1.165, 1.54) is 19.1 Å². The minimum Gasteiger partial charge on any atom is -0.397 e. The van der Waals surface area contributed by atoms with E-state index in [1.54, 1.807) is 12.3 Å². The molecule has 0 bridgehead atoms. The van der Waals surface area contributed by atoms with Crippen LogP contribution in [0.1, 0.15) is 11.1 Å². The fourth-order valence-electron chi connectivity index (χ4n) is 1.65. The maximum Gasteiger partial charge on any atom is 0.168 e. The Balaban J connectivity index is 2.65. The van der Waals surface area contributed by atoms with Crippen LogP contribution in [0.3, 0.4) is 0 Å². The van der Waals surface area contributed by atoms with E-state index in [1.807, 2.05) is 6.92 Å². The van der Waals surface area contributed by atoms with Crippen molar-refractivity contribution in [2.75, 3.05) is 5.73 Å². The molecule has 2 aromatic rings. The quantitative estimate of drug-likeness (QED) is 0.822. The van der Waals surface area contributed by atoms with Gasteiger partial charge in [0.15, 0.2) is 11.6 Å². The van der Waals surface area contributed by atoms with Gasteiger partial charge in [0.05, 0.1) is 11.4 Å². The molecule has 88 valence electrons. The van der Waals surface area contributed by atoms with Crippen molar-refractivity contribution >= 4 is 5.69 Å². The lowest BCUT2D eigenvalue weighted by Crippen LogP contribution is -1.99. The second-order valence-corrected chi connectivity index (χ2v) is 4.01. The molecule has 2 nitrogen and oxygen atoms in total. The van der Waals surface area contributed by atoms with Crippen LogP contribution in [0.5, 0.6) is 0 Å². The molecule has 1 heterocycles. The first kappa shape index (κ1) is 11.5. The Bertz CT molecular complexity index is 580. The van der Waals surface area contributed by atoms with E-state index in [2.05, 4.69) is 4.98 Å². The van der Waals surface area contributed by atoms with E-state index in [-0.39, 0.29) is 16.8 Å². The van der Waals surface area contributed by atoms with Crippen molar-refractivity contribution in [1.82, 2.24) is 4.98 Å². The average Bonchev–Trinajstić information content (AvgIpc) is 2.28. The highest BCUT2D eigenvalue weighted by atomic mass is 19.2. The summed E-state index contributed by atoms with van der Waals surface area (Å²) in [4.78, 5) is 4.05. The van der Waals surface area contributed by atoms with Gasteiger partial charge in [-0.25, -0.2) is 8.78 Å². The third-order valence-electron chi connectivity index (χ3n) is 2.58. The van der Waals surface area contributed by atoms with Gasteiger partial charge in [-0.2, -0.15) is 0 Å².